The maximum absolute atomic E-state index is 12.4. The summed E-state index contributed by atoms with van der Waals surface area (Å²) in [6.45, 7) is 1.99. The SMILES string of the molecule is O=C(NCCS(=O)(=O)N1CCC2(CC1)OCCO2)c1ccccc1. The van der Waals surface area contributed by atoms with E-state index in [1.807, 2.05) is 6.07 Å². The van der Waals surface area contributed by atoms with E-state index in [2.05, 4.69) is 5.32 Å². The smallest absolute Gasteiger partial charge is 0.251 e. The lowest BCUT2D eigenvalue weighted by molar-refractivity contribution is -0.179. The highest BCUT2D eigenvalue weighted by atomic mass is 32.2. The Bertz CT molecular complexity index is 661. The van der Waals surface area contributed by atoms with Gasteiger partial charge in [-0.25, -0.2) is 12.7 Å². The number of sulfonamides is 1. The maximum Gasteiger partial charge on any atom is 0.251 e. The number of carbonyl (C=O) groups is 1. The quantitative estimate of drug-likeness (QED) is 0.836. The van der Waals surface area contributed by atoms with E-state index < -0.39 is 15.8 Å². The van der Waals surface area contributed by atoms with Gasteiger partial charge >= 0.3 is 0 Å². The molecule has 0 aromatic heterocycles. The van der Waals surface area contributed by atoms with Crippen molar-refractivity contribution in [2.45, 2.75) is 18.6 Å². The van der Waals surface area contributed by atoms with Crippen molar-refractivity contribution in [3.8, 4) is 0 Å². The predicted octanol–water partition coefficient (Wildman–Crippen LogP) is 0.585. The van der Waals surface area contributed by atoms with Crippen LogP contribution in [0.4, 0.5) is 0 Å². The van der Waals surface area contributed by atoms with Gasteiger partial charge in [0.15, 0.2) is 5.79 Å². The Morgan fingerprint density at radius 3 is 2.38 bits per heavy atom. The Labute approximate surface area is 142 Å². The van der Waals surface area contributed by atoms with Gasteiger partial charge in [0, 0.05) is 38.0 Å². The van der Waals surface area contributed by atoms with E-state index in [0.29, 0.717) is 44.7 Å². The highest BCUT2D eigenvalue weighted by Gasteiger charge is 2.42. The van der Waals surface area contributed by atoms with Crippen molar-refractivity contribution in [2.75, 3.05) is 38.6 Å². The van der Waals surface area contributed by atoms with E-state index in [1.165, 1.54) is 4.31 Å². The largest absolute Gasteiger partial charge is 0.351 e. The molecule has 8 heteroatoms. The number of nitrogens with one attached hydrogen (secondary N) is 1. The van der Waals surface area contributed by atoms with E-state index in [-0.39, 0.29) is 18.2 Å². The molecule has 1 spiro atoms. The lowest BCUT2D eigenvalue weighted by Crippen LogP contribution is -2.48. The molecule has 0 bridgehead atoms. The zero-order chi connectivity index (χ0) is 17.0. The molecule has 132 valence electrons. The molecule has 3 rings (SSSR count). The van der Waals surface area contributed by atoms with Crippen LogP contribution in [-0.4, -0.2) is 63.0 Å². The molecule has 0 atom stereocenters. The first kappa shape index (κ1) is 17.3. The van der Waals surface area contributed by atoms with E-state index in [0.717, 1.165) is 0 Å². The molecule has 1 aromatic carbocycles. The zero-order valence-electron chi connectivity index (χ0n) is 13.4. The molecule has 7 nitrogen and oxygen atoms in total. The van der Waals surface area contributed by atoms with Gasteiger partial charge in [-0.15, -0.1) is 0 Å². The minimum Gasteiger partial charge on any atom is -0.351 e. The Balaban J connectivity index is 1.47. The number of benzene rings is 1. The van der Waals surface area contributed by atoms with Gasteiger partial charge < -0.3 is 14.8 Å². The average molecular weight is 354 g/mol. The van der Waals surface area contributed by atoms with Crippen molar-refractivity contribution < 1.29 is 22.7 Å². The van der Waals surface area contributed by atoms with Crippen molar-refractivity contribution in [1.29, 1.82) is 0 Å². The minimum absolute atomic E-state index is 0.0880. The number of piperidine rings is 1. The lowest BCUT2D eigenvalue weighted by Gasteiger charge is -2.36. The highest BCUT2D eigenvalue weighted by Crippen LogP contribution is 2.32. The van der Waals surface area contributed by atoms with Crippen LogP contribution in [0.2, 0.25) is 0 Å². The van der Waals surface area contributed by atoms with Crippen LogP contribution in [0.3, 0.4) is 0 Å². The molecule has 0 aliphatic carbocycles. The summed E-state index contributed by atoms with van der Waals surface area (Å²) in [5.41, 5.74) is 0.519. The summed E-state index contributed by atoms with van der Waals surface area (Å²) < 4.78 is 37.5. The molecular formula is C16H22N2O5S. The van der Waals surface area contributed by atoms with Crippen LogP contribution in [0.1, 0.15) is 23.2 Å². The van der Waals surface area contributed by atoms with Crippen LogP contribution in [0.15, 0.2) is 30.3 Å². The summed E-state index contributed by atoms with van der Waals surface area (Å²) in [7, 11) is -3.40. The van der Waals surface area contributed by atoms with E-state index in [9.17, 15) is 13.2 Å². The molecular weight excluding hydrogens is 332 g/mol. The topological polar surface area (TPSA) is 84.9 Å². The normalized spacial score (nSPS) is 21.0. The molecule has 24 heavy (non-hydrogen) atoms. The summed E-state index contributed by atoms with van der Waals surface area (Å²) in [6.07, 6.45) is 1.09. The minimum atomic E-state index is -3.40. The Morgan fingerprint density at radius 1 is 1.12 bits per heavy atom. The van der Waals surface area contributed by atoms with Gasteiger partial charge in [0.1, 0.15) is 0 Å². The second-order valence-electron chi connectivity index (χ2n) is 5.94. The summed E-state index contributed by atoms with van der Waals surface area (Å²) in [5.74, 6) is -0.968. The maximum atomic E-state index is 12.4. The Hall–Kier alpha value is -1.48. The summed E-state index contributed by atoms with van der Waals surface area (Å²) in [5, 5.41) is 2.65. The number of carbonyl (C=O) groups excluding carboxylic acids is 1. The van der Waals surface area contributed by atoms with Gasteiger partial charge in [-0.3, -0.25) is 4.79 Å². The van der Waals surface area contributed by atoms with Crippen LogP contribution < -0.4 is 5.32 Å². The molecule has 2 aliphatic rings. The van der Waals surface area contributed by atoms with Gasteiger partial charge in [0.05, 0.1) is 19.0 Å². The number of nitrogens with zero attached hydrogens (tertiary/aromatic N) is 1. The van der Waals surface area contributed by atoms with E-state index in [4.69, 9.17) is 9.47 Å². The van der Waals surface area contributed by atoms with Gasteiger partial charge in [-0.1, -0.05) is 18.2 Å². The van der Waals surface area contributed by atoms with Crippen LogP contribution in [0.25, 0.3) is 0 Å². The van der Waals surface area contributed by atoms with Gasteiger partial charge in [-0.05, 0) is 12.1 Å². The predicted molar refractivity (Wildman–Crippen MR) is 88.0 cm³/mol. The molecule has 2 heterocycles. The Morgan fingerprint density at radius 2 is 1.75 bits per heavy atom. The second-order valence-corrected chi connectivity index (χ2v) is 8.03. The fourth-order valence-electron chi connectivity index (χ4n) is 3.00. The van der Waals surface area contributed by atoms with E-state index >= 15 is 0 Å². The van der Waals surface area contributed by atoms with Crippen molar-refractivity contribution >= 4 is 15.9 Å². The number of hydrogen-bond donors (Lipinski definition) is 1. The number of ether oxygens (including phenoxy) is 2. The van der Waals surface area contributed by atoms with Crippen molar-refractivity contribution in [3.05, 3.63) is 35.9 Å². The molecule has 2 aliphatic heterocycles. The third-order valence-corrected chi connectivity index (χ3v) is 6.24. The van der Waals surface area contributed by atoms with Gasteiger partial charge in [0.2, 0.25) is 10.0 Å². The molecule has 2 saturated heterocycles. The Kier molecular flexibility index (Phi) is 5.19. The van der Waals surface area contributed by atoms with Gasteiger partial charge in [0.25, 0.3) is 5.91 Å². The lowest BCUT2D eigenvalue weighted by atomic mass is 10.1. The third kappa shape index (κ3) is 3.94. The summed E-state index contributed by atoms with van der Waals surface area (Å²) in [6, 6.07) is 8.73. The van der Waals surface area contributed by atoms with Crippen molar-refractivity contribution in [1.82, 2.24) is 9.62 Å². The third-order valence-electron chi connectivity index (χ3n) is 4.37. The first-order chi connectivity index (χ1) is 11.5. The first-order valence-electron chi connectivity index (χ1n) is 8.10. The molecule has 1 N–H and O–H groups in total. The first-order valence-corrected chi connectivity index (χ1v) is 9.71. The molecule has 0 radical (unpaired) electrons. The van der Waals surface area contributed by atoms with Crippen LogP contribution in [0, 0.1) is 0 Å². The van der Waals surface area contributed by atoms with Crippen LogP contribution in [-0.2, 0) is 19.5 Å². The zero-order valence-corrected chi connectivity index (χ0v) is 14.3. The molecule has 2 fully saturated rings. The molecule has 0 saturated carbocycles. The standard InChI is InChI=1S/C16H22N2O5S/c19-15(14-4-2-1-3-5-14)17-8-13-24(20,21)18-9-6-16(7-10-18)22-11-12-23-16/h1-5H,6-13H2,(H,17,19). The highest BCUT2D eigenvalue weighted by molar-refractivity contribution is 7.89. The van der Waals surface area contributed by atoms with Gasteiger partial charge in [-0.2, -0.15) is 0 Å². The van der Waals surface area contributed by atoms with Crippen molar-refractivity contribution in [3.63, 3.8) is 0 Å². The van der Waals surface area contributed by atoms with Crippen molar-refractivity contribution in [2.24, 2.45) is 0 Å². The monoisotopic (exact) mass is 354 g/mol. The summed E-state index contributed by atoms with van der Waals surface area (Å²) >= 11 is 0. The van der Waals surface area contributed by atoms with E-state index in [1.54, 1.807) is 24.3 Å². The molecule has 0 unspecified atom stereocenters. The van der Waals surface area contributed by atoms with Crippen LogP contribution in [0.5, 0.6) is 0 Å². The average Bonchev–Trinajstić information content (AvgIpc) is 3.04. The molecule has 1 aromatic rings. The summed E-state index contributed by atoms with van der Waals surface area (Å²) in [4.78, 5) is 11.9. The second kappa shape index (κ2) is 7.18. The molecule has 1 amide bonds. The van der Waals surface area contributed by atoms with Crippen LogP contribution >= 0.6 is 0 Å². The number of rotatable bonds is 5. The fourth-order valence-corrected chi connectivity index (χ4v) is 4.36. The fraction of sp³-hybridized carbons (Fsp3) is 0.562. The number of hydrogen-bond acceptors (Lipinski definition) is 5. The number of amides is 1.